The van der Waals surface area contributed by atoms with E-state index in [2.05, 4.69) is 10.1 Å². The zero-order valence-corrected chi connectivity index (χ0v) is 15.4. The number of aliphatic carboxylic acids is 1. The molecule has 0 saturated heterocycles. The van der Waals surface area contributed by atoms with Crippen LogP contribution in [-0.2, 0) is 23.9 Å². The Morgan fingerprint density at radius 3 is 2.50 bits per heavy atom. The molecular weight excluding hydrogens is 372 g/mol. The van der Waals surface area contributed by atoms with E-state index in [4.69, 9.17) is 9.84 Å². The van der Waals surface area contributed by atoms with Gasteiger partial charge in [-0.3, -0.25) is 19.7 Å². The lowest BCUT2D eigenvalue weighted by Gasteiger charge is -2.28. The molecule has 152 valence electrons. The monoisotopic (exact) mass is 394 g/mol. The second-order valence-corrected chi connectivity index (χ2v) is 6.47. The van der Waals surface area contributed by atoms with Crippen LogP contribution in [0, 0.1) is 10.1 Å². The van der Waals surface area contributed by atoms with Gasteiger partial charge in [0.1, 0.15) is 5.69 Å². The lowest BCUT2D eigenvalue weighted by Crippen LogP contribution is -2.24. The van der Waals surface area contributed by atoms with Crippen molar-refractivity contribution in [2.45, 2.75) is 44.1 Å². The van der Waals surface area contributed by atoms with E-state index in [0.29, 0.717) is 0 Å². The van der Waals surface area contributed by atoms with E-state index in [1.807, 2.05) is 0 Å². The van der Waals surface area contributed by atoms with Crippen molar-refractivity contribution in [2.75, 3.05) is 19.0 Å². The van der Waals surface area contributed by atoms with Crippen LogP contribution in [0.4, 0.5) is 11.4 Å². The summed E-state index contributed by atoms with van der Waals surface area (Å²) in [4.78, 5) is 44.1. The molecule has 1 aliphatic rings. The highest BCUT2D eigenvalue weighted by atomic mass is 16.6. The van der Waals surface area contributed by atoms with Crippen molar-refractivity contribution in [3.8, 4) is 0 Å². The van der Waals surface area contributed by atoms with Crippen LogP contribution in [0.15, 0.2) is 18.2 Å². The van der Waals surface area contributed by atoms with Crippen LogP contribution in [0.1, 0.15) is 43.6 Å². The van der Waals surface area contributed by atoms with E-state index < -0.39 is 22.8 Å². The lowest BCUT2D eigenvalue weighted by atomic mass is 9.82. The number of nitrogens with zero attached hydrogens (tertiary/aromatic N) is 1. The minimum atomic E-state index is -1.14. The molecule has 1 fully saturated rings. The molecule has 0 heterocycles. The number of nitro groups is 1. The van der Waals surface area contributed by atoms with Gasteiger partial charge in [0.2, 0.25) is 0 Å². The Morgan fingerprint density at radius 2 is 1.93 bits per heavy atom. The zero-order chi connectivity index (χ0) is 20.7. The first kappa shape index (κ1) is 21.3. The quantitative estimate of drug-likeness (QED) is 0.310. The van der Waals surface area contributed by atoms with Crippen LogP contribution in [0.2, 0.25) is 0 Å². The molecule has 0 aliphatic heterocycles. The fourth-order valence-corrected chi connectivity index (χ4v) is 3.20. The number of hydrogen-bond acceptors (Lipinski definition) is 7. The Morgan fingerprint density at radius 1 is 1.25 bits per heavy atom. The summed E-state index contributed by atoms with van der Waals surface area (Å²) < 4.78 is 9.84. The SMILES string of the molecule is COC(=O)C(=O)Nc1ccc(C2CCC(OCCC(=O)O)CC2)cc1[N+](=O)[O-]. The summed E-state index contributed by atoms with van der Waals surface area (Å²) in [6.07, 6.45) is 2.93. The number of nitrogens with one attached hydrogen (secondary N) is 1. The number of rotatable bonds is 7. The highest BCUT2D eigenvalue weighted by molar-refractivity contribution is 6.37. The Hall–Kier alpha value is -3.01. The van der Waals surface area contributed by atoms with Crippen molar-refractivity contribution in [3.63, 3.8) is 0 Å². The Balaban J connectivity index is 2.02. The second kappa shape index (κ2) is 9.79. The van der Waals surface area contributed by atoms with E-state index in [9.17, 15) is 24.5 Å². The van der Waals surface area contributed by atoms with Crippen LogP contribution >= 0.6 is 0 Å². The van der Waals surface area contributed by atoms with E-state index >= 15 is 0 Å². The fourth-order valence-electron chi connectivity index (χ4n) is 3.20. The van der Waals surface area contributed by atoms with Gasteiger partial charge in [0, 0.05) is 6.07 Å². The van der Waals surface area contributed by atoms with E-state index in [1.54, 1.807) is 6.07 Å². The van der Waals surface area contributed by atoms with Gasteiger partial charge >= 0.3 is 17.8 Å². The minimum absolute atomic E-state index is 0.01000. The smallest absolute Gasteiger partial charge is 0.396 e. The molecule has 0 atom stereocenters. The van der Waals surface area contributed by atoms with Crippen LogP contribution in [0.3, 0.4) is 0 Å². The molecular formula is C18H22N2O8. The number of amides is 1. The summed E-state index contributed by atoms with van der Waals surface area (Å²) in [5.74, 6) is -3.03. The van der Waals surface area contributed by atoms with E-state index in [0.717, 1.165) is 38.4 Å². The number of carbonyl (C=O) groups excluding carboxylic acids is 2. The summed E-state index contributed by atoms with van der Waals surface area (Å²) in [5.41, 5.74) is 0.399. The Bertz CT molecular complexity index is 756. The number of anilines is 1. The second-order valence-electron chi connectivity index (χ2n) is 6.47. The molecule has 1 saturated carbocycles. The first-order valence-electron chi connectivity index (χ1n) is 8.82. The predicted molar refractivity (Wildman–Crippen MR) is 96.9 cm³/mol. The molecule has 10 heteroatoms. The molecule has 0 bridgehead atoms. The molecule has 1 aliphatic carbocycles. The number of carboxylic acid groups (broad SMARTS) is 1. The van der Waals surface area contributed by atoms with Crippen LogP contribution in [0.25, 0.3) is 0 Å². The third-order valence-electron chi connectivity index (χ3n) is 4.65. The fraction of sp³-hybridized carbons (Fsp3) is 0.500. The van der Waals surface area contributed by atoms with Crippen LogP contribution < -0.4 is 5.32 Å². The van der Waals surface area contributed by atoms with Gasteiger partial charge in [-0.25, -0.2) is 4.79 Å². The normalized spacial score (nSPS) is 18.9. The number of carboxylic acids is 1. The van der Waals surface area contributed by atoms with Crippen molar-refractivity contribution < 1.29 is 33.9 Å². The zero-order valence-electron chi connectivity index (χ0n) is 15.4. The van der Waals surface area contributed by atoms with E-state index in [-0.39, 0.29) is 36.4 Å². The molecule has 1 aromatic rings. The number of esters is 1. The summed E-state index contributed by atoms with van der Waals surface area (Å²) >= 11 is 0. The number of nitro benzene ring substituents is 1. The summed E-state index contributed by atoms with van der Waals surface area (Å²) in [5, 5.41) is 22.2. The molecule has 28 heavy (non-hydrogen) atoms. The van der Waals surface area contributed by atoms with Gasteiger partial charge in [0.25, 0.3) is 5.69 Å². The largest absolute Gasteiger partial charge is 0.481 e. The maximum absolute atomic E-state index is 11.6. The highest BCUT2D eigenvalue weighted by Gasteiger charge is 2.26. The summed E-state index contributed by atoms with van der Waals surface area (Å²) in [6, 6.07) is 4.50. The standard InChI is InChI=1S/C18H22N2O8/c1-27-18(24)17(23)19-14-7-4-12(10-15(14)20(25)26)11-2-5-13(6-3-11)28-9-8-16(21)22/h4,7,10-11,13H,2-3,5-6,8-9H2,1H3,(H,19,23)(H,21,22). The predicted octanol–water partition coefficient (Wildman–Crippen LogP) is 2.22. The van der Waals surface area contributed by atoms with Gasteiger partial charge in [-0.1, -0.05) is 6.07 Å². The maximum atomic E-state index is 11.6. The van der Waals surface area contributed by atoms with Gasteiger partial charge < -0.3 is 19.9 Å². The van der Waals surface area contributed by atoms with E-state index in [1.165, 1.54) is 12.1 Å². The maximum Gasteiger partial charge on any atom is 0.396 e. The van der Waals surface area contributed by atoms with Gasteiger partial charge in [0.15, 0.2) is 0 Å². The molecule has 0 unspecified atom stereocenters. The number of hydrogen-bond donors (Lipinski definition) is 2. The molecule has 10 nitrogen and oxygen atoms in total. The Labute approximate surface area is 161 Å². The van der Waals surface area contributed by atoms with Gasteiger partial charge in [-0.05, 0) is 43.2 Å². The summed E-state index contributed by atoms with van der Waals surface area (Å²) in [6.45, 7) is 0.171. The third-order valence-corrected chi connectivity index (χ3v) is 4.65. The minimum Gasteiger partial charge on any atom is -0.481 e. The molecule has 1 amide bonds. The first-order valence-corrected chi connectivity index (χ1v) is 8.82. The number of benzene rings is 1. The van der Waals surface area contributed by atoms with Crippen molar-refractivity contribution >= 4 is 29.2 Å². The van der Waals surface area contributed by atoms with Crippen LogP contribution in [-0.4, -0.2) is 47.7 Å². The number of ether oxygens (including phenoxy) is 2. The highest BCUT2D eigenvalue weighted by Crippen LogP contribution is 2.37. The Kier molecular flexibility index (Phi) is 7.44. The average molecular weight is 394 g/mol. The molecule has 0 aromatic heterocycles. The molecule has 2 rings (SSSR count). The molecule has 0 spiro atoms. The first-order chi connectivity index (χ1) is 13.3. The molecule has 2 N–H and O–H groups in total. The van der Waals surface area contributed by atoms with Crippen molar-refractivity contribution in [2.24, 2.45) is 0 Å². The van der Waals surface area contributed by atoms with Crippen LogP contribution in [0.5, 0.6) is 0 Å². The number of methoxy groups -OCH3 is 1. The van der Waals surface area contributed by atoms with Crippen molar-refractivity contribution in [1.82, 2.24) is 0 Å². The van der Waals surface area contributed by atoms with Gasteiger partial charge in [-0.15, -0.1) is 0 Å². The summed E-state index contributed by atoms with van der Waals surface area (Å²) in [7, 11) is 1.04. The third kappa shape index (κ3) is 5.74. The van der Waals surface area contributed by atoms with Crippen molar-refractivity contribution in [3.05, 3.63) is 33.9 Å². The number of carbonyl (C=O) groups is 3. The lowest BCUT2D eigenvalue weighted by molar-refractivity contribution is -0.384. The molecule has 1 aromatic carbocycles. The topological polar surface area (TPSA) is 145 Å². The van der Waals surface area contributed by atoms with Crippen molar-refractivity contribution in [1.29, 1.82) is 0 Å². The van der Waals surface area contributed by atoms with Gasteiger partial charge in [-0.2, -0.15) is 0 Å². The molecule has 0 radical (unpaired) electrons. The van der Waals surface area contributed by atoms with Gasteiger partial charge in [0.05, 0.1) is 31.2 Å². The average Bonchev–Trinajstić information content (AvgIpc) is 2.67.